The maximum atomic E-state index is 9.55. The zero-order chi connectivity index (χ0) is 12.7. The number of rotatable bonds is 2. The normalized spacial score (nSPS) is 16.2. The second-order valence-electron chi connectivity index (χ2n) is 3.18. The molecule has 0 saturated carbocycles. The van der Waals surface area contributed by atoms with Crippen LogP contribution in [0.25, 0.3) is 0 Å². The van der Waals surface area contributed by atoms with Crippen LogP contribution in [-0.4, -0.2) is 22.9 Å². The number of nitrogens with one attached hydrogen (secondary N) is 1. The Bertz CT molecular complexity index is 241. The van der Waals surface area contributed by atoms with E-state index in [1.165, 1.54) is 38.8 Å². The van der Waals surface area contributed by atoms with Crippen molar-refractivity contribution in [3.8, 4) is 0 Å². The van der Waals surface area contributed by atoms with E-state index in [4.69, 9.17) is 9.79 Å². The quantitative estimate of drug-likeness (QED) is 0.336. The van der Waals surface area contributed by atoms with Crippen molar-refractivity contribution in [1.82, 2.24) is 5.32 Å². The van der Waals surface area contributed by atoms with E-state index in [1.807, 2.05) is 0 Å². The molecule has 0 aliphatic carbocycles. The molecule has 0 bridgehead atoms. The van der Waals surface area contributed by atoms with Crippen LogP contribution in [0.15, 0.2) is 0 Å². The molecule has 0 spiro atoms. The molecule has 1 heterocycles. The summed E-state index contributed by atoms with van der Waals surface area (Å²) in [5.74, 6) is 0. The summed E-state index contributed by atoms with van der Waals surface area (Å²) < 4.78 is 21.7. The second kappa shape index (κ2) is 12.9. The summed E-state index contributed by atoms with van der Waals surface area (Å²) in [6.45, 7) is 2.50. The fourth-order valence-corrected chi connectivity index (χ4v) is 2.15. The molecule has 0 unspecified atom stereocenters. The van der Waals surface area contributed by atoms with Gasteiger partial charge in [0, 0.05) is 0 Å². The number of phosphoric acid groups is 2. The van der Waals surface area contributed by atoms with Crippen molar-refractivity contribution in [2.75, 3.05) is 13.1 Å². The Labute approximate surface area is 150 Å². The van der Waals surface area contributed by atoms with Crippen LogP contribution in [0.3, 0.4) is 0 Å². The molecular formula is C6H15NNa2O7P2. The first-order valence-electron chi connectivity index (χ1n) is 4.70. The summed E-state index contributed by atoms with van der Waals surface area (Å²) in [6.07, 6.45) is 5.65. The Morgan fingerprint density at radius 1 is 0.944 bits per heavy atom. The van der Waals surface area contributed by atoms with E-state index in [-0.39, 0.29) is 59.1 Å². The molecule has 0 aromatic carbocycles. The SMILES string of the molecule is C1CCCNCC1.O=P([O-])([O-])OP(=O)(O)O.[Na+].[Na+]. The van der Waals surface area contributed by atoms with E-state index < -0.39 is 15.6 Å². The standard InChI is InChI=1S/C6H13N.2Na.H4O7P2/c1-2-4-6-7-5-3-1;;;1-8(2,3)7-9(4,5)6/h7H,1-6H2;;;(H2,1,2,3)(H2,4,5,6)/q;2*+1;/p-2. The molecule has 0 amide bonds. The first-order valence-corrected chi connectivity index (χ1v) is 7.69. The van der Waals surface area contributed by atoms with Crippen LogP contribution in [0.2, 0.25) is 0 Å². The topological polar surface area (TPSA) is 142 Å². The van der Waals surface area contributed by atoms with Crippen LogP contribution in [0, 0.1) is 0 Å². The van der Waals surface area contributed by atoms with Gasteiger partial charge >= 0.3 is 66.9 Å². The van der Waals surface area contributed by atoms with Gasteiger partial charge in [0.1, 0.15) is 0 Å². The fourth-order valence-electron chi connectivity index (χ4n) is 1.11. The molecule has 12 heteroatoms. The molecule has 1 aliphatic heterocycles. The van der Waals surface area contributed by atoms with Crippen LogP contribution in [0.1, 0.15) is 25.7 Å². The molecule has 18 heavy (non-hydrogen) atoms. The minimum atomic E-state index is -5.55. The second-order valence-corrected chi connectivity index (χ2v) is 5.71. The summed E-state index contributed by atoms with van der Waals surface area (Å²) in [6, 6.07) is 0. The molecule has 1 aliphatic rings. The molecule has 0 aromatic rings. The van der Waals surface area contributed by atoms with Gasteiger partial charge < -0.3 is 29.5 Å². The average molecular weight is 321 g/mol. The molecule has 8 nitrogen and oxygen atoms in total. The molecule has 1 saturated heterocycles. The summed E-state index contributed by atoms with van der Waals surface area (Å²) >= 11 is 0. The van der Waals surface area contributed by atoms with Gasteiger partial charge in [0.2, 0.25) is 0 Å². The molecule has 1 rings (SSSR count). The van der Waals surface area contributed by atoms with E-state index >= 15 is 0 Å². The van der Waals surface area contributed by atoms with E-state index in [1.54, 1.807) is 0 Å². The maximum absolute atomic E-state index is 9.55. The minimum absolute atomic E-state index is 0. The predicted molar refractivity (Wildman–Crippen MR) is 52.1 cm³/mol. The van der Waals surface area contributed by atoms with Crippen molar-refractivity contribution < 1.29 is 92.1 Å². The molecule has 1 fully saturated rings. The molecule has 0 radical (unpaired) electrons. The van der Waals surface area contributed by atoms with Crippen LogP contribution in [-0.2, 0) is 13.4 Å². The summed E-state index contributed by atoms with van der Waals surface area (Å²) in [5.41, 5.74) is 0. The zero-order valence-electron chi connectivity index (χ0n) is 10.6. The Morgan fingerprint density at radius 2 is 1.33 bits per heavy atom. The molecule has 0 atom stereocenters. The van der Waals surface area contributed by atoms with E-state index in [2.05, 4.69) is 9.63 Å². The average Bonchev–Trinajstić information content (AvgIpc) is 2.26. The van der Waals surface area contributed by atoms with Crippen molar-refractivity contribution in [1.29, 1.82) is 0 Å². The van der Waals surface area contributed by atoms with Crippen molar-refractivity contribution in [3.63, 3.8) is 0 Å². The van der Waals surface area contributed by atoms with Crippen LogP contribution in [0.4, 0.5) is 0 Å². The summed E-state index contributed by atoms with van der Waals surface area (Å²) in [7, 11) is -10.7. The largest absolute Gasteiger partial charge is 1.00 e. The minimum Gasteiger partial charge on any atom is -0.789 e. The number of hydrogen-bond donors (Lipinski definition) is 3. The van der Waals surface area contributed by atoms with Crippen molar-refractivity contribution in [2.45, 2.75) is 25.7 Å². The van der Waals surface area contributed by atoms with Gasteiger partial charge in [-0.15, -0.1) is 0 Å². The fraction of sp³-hybridized carbons (Fsp3) is 1.00. The van der Waals surface area contributed by atoms with Gasteiger partial charge in [-0.1, -0.05) is 12.8 Å². The monoisotopic (exact) mass is 321 g/mol. The summed E-state index contributed by atoms with van der Waals surface area (Å²) in [4.78, 5) is 34.1. The first-order chi connectivity index (χ1) is 7.21. The summed E-state index contributed by atoms with van der Waals surface area (Å²) in [5, 5.41) is 3.35. The zero-order valence-corrected chi connectivity index (χ0v) is 16.4. The third-order valence-corrected chi connectivity index (χ3v) is 3.31. The smallest absolute Gasteiger partial charge is 0.789 e. The van der Waals surface area contributed by atoms with Crippen molar-refractivity contribution >= 4 is 15.6 Å². The van der Waals surface area contributed by atoms with Gasteiger partial charge in [0.05, 0.1) is 7.82 Å². The maximum Gasteiger partial charge on any atom is 1.00 e. The van der Waals surface area contributed by atoms with E-state index in [9.17, 15) is 18.9 Å². The third kappa shape index (κ3) is 23.3. The Balaban J connectivity index is -0.000000229. The third-order valence-electron chi connectivity index (χ3n) is 1.66. The van der Waals surface area contributed by atoms with Gasteiger partial charge in [0.25, 0.3) is 0 Å². The van der Waals surface area contributed by atoms with Gasteiger partial charge in [-0.25, -0.2) is 4.57 Å². The number of hydrogen-bond acceptors (Lipinski definition) is 6. The molecular weight excluding hydrogens is 306 g/mol. The van der Waals surface area contributed by atoms with Crippen LogP contribution >= 0.6 is 15.6 Å². The Kier molecular flexibility index (Phi) is 18.1. The Hall–Kier alpha value is 2.22. The Morgan fingerprint density at radius 3 is 1.56 bits per heavy atom. The van der Waals surface area contributed by atoms with Crippen LogP contribution in [0.5, 0.6) is 0 Å². The van der Waals surface area contributed by atoms with Crippen molar-refractivity contribution in [2.24, 2.45) is 0 Å². The van der Waals surface area contributed by atoms with Crippen molar-refractivity contribution in [3.05, 3.63) is 0 Å². The molecule has 3 N–H and O–H groups in total. The van der Waals surface area contributed by atoms with Gasteiger partial charge in [-0.2, -0.15) is 0 Å². The molecule has 0 aromatic heterocycles. The van der Waals surface area contributed by atoms with Gasteiger partial charge in [-0.3, -0.25) is 4.31 Å². The van der Waals surface area contributed by atoms with E-state index in [0.717, 1.165) is 0 Å². The van der Waals surface area contributed by atoms with Crippen LogP contribution < -0.4 is 74.2 Å². The van der Waals surface area contributed by atoms with Gasteiger partial charge in [-0.05, 0) is 25.9 Å². The predicted octanol–water partition coefficient (Wildman–Crippen LogP) is -6.92. The van der Waals surface area contributed by atoms with Gasteiger partial charge in [0.15, 0.2) is 0 Å². The first kappa shape index (κ1) is 25.2. The molecule has 98 valence electrons. The van der Waals surface area contributed by atoms with E-state index in [0.29, 0.717) is 0 Å².